The summed E-state index contributed by atoms with van der Waals surface area (Å²) in [6, 6.07) is 6.50. The molecule has 1 heterocycles. The Labute approximate surface area is 113 Å². The molecule has 0 amide bonds. The van der Waals surface area contributed by atoms with Crippen molar-refractivity contribution in [2.24, 2.45) is 5.92 Å². The van der Waals surface area contributed by atoms with Crippen LogP contribution < -0.4 is 5.32 Å². The number of hydrogen-bond acceptors (Lipinski definition) is 2. The molecule has 2 rings (SSSR count). The van der Waals surface area contributed by atoms with E-state index in [-0.39, 0.29) is 0 Å². The standard InChI is InChI=1S/C14H21BrN2/c1-11-6-13(15)8-14(7-11)16-9-12-4-3-5-17(2)10-12/h6-8,12,16H,3-5,9-10H2,1-2H3. The molecule has 1 fully saturated rings. The van der Waals surface area contributed by atoms with Gasteiger partial charge in [-0.2, -0.15) is 0 Å². The van der Waals surface area contributed by atoms with Gasteiger partial charge in [0, 0.05) is 23.2 Å². The summed E-state index contributed by atoms with van der Waals surface area (Å²) < 4.78 is 1.15. The first-order chi connectivity index (χ1) is 8.13. The average molecular weight is 297 g/mol. The maximum Gasteiger partial charge on any atom is 0.0354 e. The predicted molar refractivity (Wildman–Crippen MR) is 77.6 cm³/mol. The topological polar surface area (TPSA) is 15.3 Å². The van der Waals surface area contributed by atoms with Gasteiger partial charge in [0.15, 0.2) is 0 Å². The summed E-state index contributed by atoms with van der Waals surface area (Å²) in [5, 5.41) is 3.56. The Hall–Kier alpha value is -0.540. The molecule has 0 saturated carbocycles. The molecule has 94 valence electrons. The van der Waals surface area contributed by atoms with Gasteiger partial charge < -0.3 is 10.2 Å². The molecule has 1 aliphatic rings. The van der Waals surface area contributed by atoms with Gasteiger partial charge in [0.2, 0.25) is 0 Å². The smallest absolute Gasteiger partial charge is 0.0354 e. The second kappa shape index (κ2) is 5.87. The van der Waals surface area contributed by atoms with E-state index in [0.717, 1.165) is 16.9 Å². The van der Waals surface area contributed by atoms with E-state index in [9.17, 15) is 0 Å². The molecule has 0 aromatic heterocycles. The van der Waals surface area contributed by atoms with Crippen molar-refractivity contribution in [2.45, 2.75) is 19.8 Å². The number of nitrogens with zero attached hydrogens (tertiary/aromatic N) is 1. The molecule has 0 bridgehead atoms. The second-order valence-corrected chi connectivity index (χ2v) is 6.08. The van der Waals surface area contributed by atoms with Gasteiger partial charge in [0.25, 0.3) is 0 Å². The van der Waals surface area contributed by atoms with Crippen molar-refractivity contribution < 1.29 is 0 Å². The van der Waals surface area contributed by atoms with Crippen LogP contribution in [0.2, 0.25) is 0 Å². The fourth-order valence-corrected chi connectivity index (χ4v) is 3.15. The molecule has 1 aromatic rings. The van der Waals surface area contributed by atoms with Crippen LogP contribution in [-0.4, -0.2) is 31.6 Å². The lowest BCUT2D eigenvalue weighted by atomic mass is 9.98. The molecule has 2 nitrogen and oxygen atoms in total. The van der Waals surface area contributed by atoms with Gasteiger partial charge in [0.1, 0.15) is 0 Å². The van der Waals surface area contributed by atoms with Gasteiger partial charge in [-0.3, -0.25) is 0 Å². The van der Waals surface area contributed by atoms with Gasteiger partial charge in [-0.25, -0.2) is 0 Å². The Bertz CT molecular complexity index is 358. The third-order valence-corrected chi connectivity index (χ3v) is 3.82. The van der Waals surface area contributed by atoms with Gasteiger partial charge >= 0.3 is 0 Å². The molecule has 17 heavy (non-hydrogen) atoms. The third-order valence-electron chi connectivity index (χ3n) is 3.36. The van der Waals surface area contributed by atoms with Gasteiger partial charge in [0.05, 0.1) is 0 Å². The first-order valence-electron chi connectivity index (χ1n) is 6.33. The number of hydrogen-bond donors (Lipinski definition) is 1. The Morgan fingerprint density at radius 2 is 2.24 bits per heavy atom. The molecule has 1 N–H and O–H groups in total. The van der Waals surface area contributed by atoms with Crippen molar-refractivity contribution in [3.63, 3.8) is 0 Å². The van der Waals surface area contributed by atoms with Crippen molar-refractivity contribution in [3.8, 4) is 0 Å². The van der Waals surface area contributed by atoms with Gasteiger partial charge in [-0.1, -0.05) is 15.9 Å². The first-order valence-corrected chi connectivity index (χ1v) is 7.12. The number of anilines is 1. The van der Waals surface area contributed by atoms with E-state index in [1.807, 2.05) is 0 Å². The van der Waals surface area contributed by atoms with Crippen LogP contribution in [0, 0.1) is 12.8 Å². The summed E-state index contributed by atoms with van der Waals surface area (Å²) in [7, 11) is 2.22. The molecule has 1 saturated heterocycles. The number of piperidine rings is 1. The van der Waals surface area contributed by atoms with Crippen molar-refractivity contribution in [3.05, 3.63) is 28.2 Å². The molecular formula is C14H21BrN2. The molecule has 1 unspecified atom stereocenters. The van der Waals surface area contributed by atoms with Crippen molar-refractivity contribution in [1.29, 1.82) is 0 Å². The van der Waals surface area contributed by atoms with E-state index in [4.69, 9.17) is 0 Å². The monoisotopic (exact) mass is 296 g/mol. The summed E-state index contributed by atoms with van der Waals surface area (Å²) >= 11 is 3.54. The lowest BCUT2D eigenvalue weighted by Gasteiger charge is -2.30. The lowest BCUT2D eigenvalue weighted by molar-refractivity contribution is 0.217. The van der Waals surface area contributed by atoms with E-state index in [1.54, 1.807) is 0 Å². The summed E-state index contributed by atoms with van der Waals surface area (Å²) in [6.45, 7) is 5.69. The maximum atomic E-state index is 3.56. The number of halogens is 1. The predicted octanol–water partition coefficient (Wildman–Crippen LogP) is 3.51. The molecule has 1 atom stereocenters. The lowest BCUT2D eigenvalue weighted by Crippen LogP contribution is -2.35. The zero-order valence-electron chi connectivity index (χ0n) is 10.7. The SMILES string of the molecule is Cc1cc(Br)cc(NCC2CCCN(C)C2)c1. The Balaban J connectivity index is 1.88. The molecular weight excluding hydrogens is 276 g/mol. The maximum absolute atomic E-state index is 3.56. The normalized spacial score (nSPS) is 21.5. The Kier molecular flexibility index (Phi) is 4.46. The minimum atomic E-state index is 0.785. The Morgan fingerprint density at radius 1 is 1.41 bits per heavy atom. The molecule has 1 aromatic carbocycles. The van der Waals surface area contributed by atoms with Crippen LogP contribution in [0.1, 0.15) is 18.4 Å². The highest BCUT2D eigenvalue weighted by Gasteiger charge is 2.16. The summed E-state index contributed by atoms with van der Waals surface area (Å²) in [5.74, 6) is 0.785. The van der Waals surface area contributed by atoms with Crippen LogP contribution in [0.25, 0.3) is 0 Å². The van der Waals surface area contributed by atoms with Crippen LogP contribution in [0.3, 0.4) is 0 Å². The molecule has 0 aliphatic carbocycles. The fourth-order valence-electron chi connectivity index (χ4n) is 2.54. The average Bonchev–Trinajstić information content (AvgIpc) is 2.25. The van der Waals surface area contributed by atoms with Gasteiger partial charge in [-0.05, 0) is 63.0 Å². The highest BCUT2D eigenvalue weighted by atomic mass is 79.9. The fraction of sp³-hybridized carbons (Fsp3) is 0.571. The molecule has 0 spiro atoms. The minimum Gasteiger partial charge on any atom is -0.385 e. The first kappa shape index (κ1) is 12.9. The van der Waals surface area contributed by atoms with Crippen LogP contribution >= 0.6 is 15.9 Å². The number of likely N-dealkylation sites (tertiary alicyclic amines) is 1. The highest BCUT2D eigenvalue weighted by molar-refractivity contribution is 9.10. The largest absolute Gasteiger partial charge is 0.385 e. The minimum absolute atomic E-state index is 0.785. The van der Waals surface area contributed by atoms with Crippen molar-refractivity contribution >= 4 is 21.6 Å². The molecule has 3 heteroatoms. The Morgan fingerprint density at radius 3 is 2.94 bits per heavy atom. The van der Waals surface area contributed by atoms with E-state index in [1.165, 1.54) is 37.2 Å². The van der Waals surface area contributed by atoms with Crippen LogP contribution in [0.15, 0.2) is 22.7 Å². The van der Waals surface area contributed by atoms with Crippen molar-refractivity contribution in [2.75, 3.05) is 32.0 Å². The second-order valence-electron chi connectivity index (χ2n) is 5.17. The van der Waals surface area contributed by atoms with Crippen LogP contribution in [-0.2, 0) is 0 Å². The van der Waals surface area contributed by atoms with E-state index in [0.29, 0.717) is 0 Å². The number of rotatable bonds is 3. The van der Waals surface area contributed by atoms with E-state index >= 15 is 0 Å². The van der Waals surface area contributed by atoms with E-state index < -0.39 is 0 Å². The zero-order chi connectivity index (χ0) is 12.3. The van der Waals surface area contributed by atoms with Gasteiger partial charge in [-0.15, -0.1) is 0 Å². The number of aryl methyl sites for hydroxylation is 1. The van der Waals surface area contributed by atoms with Crippen LogP contribution in [0.4, 0.5) is 5.69 Å². The third kappa shape index (κ3) is 4.00. The summed E-state index contributed by atoms with van der Waals surface area (Å²) in [5.41, 5.74) is 2.52. The molecule has 1 aliphatic heterocycles. The quantitative estimate of drug-likeness (QED) is 0.918. The van der Waals surface area contributed by atoms with E-state index in [2.05, 4.69) is 58.3 Å². The summed E-state index contributed by atoms with van der Waals surface area (Å²) in [4.78, 5) is 2.43. The zero-order valence-corrected chi connectivity index (χ0v) is 12.3. The number of nitrogens with one attached hydrogen (secondary N) is 1. The molecule has 0 radical (unpaired) electrons. The van der Waals surface area contributed by atoms with Crippen molar-refractivity contribution in [1.82, 2.24) is 4.90 Å². The highest BCUT2D eigenvalue weighted by Crippen LogP contribution is 2.21. The van der Waals surface area contributed by atoms with Crippen LogP contribution in [0.5, 0.6) is 0 Å². The number of benzene rings is 1. The summed E-state index contributed by atoms with van der Waals surface area (Å²) in [6.07, 6.45) is 2.69.